The van der Waals surface area contributed by atoms with Gasteiger partial charge in [0.25, 0.3) is 0 Å². The van der Waals surface area contributed by atoms with E-state index in [0.29, 0.717) is 12.2 Å². The van der Waals surface area contributed by atoms with Gasteiger partial charge in [-0.25, -0.2) is 9.18 Å². The Kier molecular flexibility index (Phi) is 2.58. The van der Waals surface area contributed by atoms with Crippen LogP contribution in [0.5, 0.6) is 0 Å². The molecule has 0 aromatic heterocycles. The fraction of sp³-hybridized carbons (Fsp3) is 0.700. The Morgan fingerprint density at radius 2 is 2.53 bits per heavy atom. The summed E-state index contributed by atoms with van der Waals surface area (Å²) >= 11 is 0. The maximum atomic E-state index is 14.2. The summed E-state index contributed by atoms with van der Waals surface area (Å²) in [7, 11) is -0.592. The standard InChI is InChI=1S/C10H15FO3Si/c1-3-13-9(12)10(11)6-4-5-7(8(6)10)14-15-2/h5-6,8H,3-4,15H2,1-2H3/t6-,8-,10-/m1/s1. The zero-order valence-electron chi connectivity index (χ0n) is 8.96. The number of allylic oxidation sites excluding steroid dienone is 2. The number of alkyl halides is 1. The van der Waals surface area contributed by atoms with Crippen LogP contribution in [0.15, 0.2) is 11.8 Å². The van der Waals surface area contributed by atoms with Crippen molar-refractivity contribution in [3.63, 3.8) is 0 Å². The van der Waals surface area contributed by atoms with E-state index in [1.54, 1.807) is 6.92 Å². The molecule has 0 amide bonds. The molecule has 15 heavy (non-hydrogen) atoms. The van der Waals surface area contributed by atoms with Crippen molar-refractivity contribution in [3.05, 3.63) is 11.8 Å². The van der Waals surface area contributed by atoms with Gasteiger partial charge in [0.15, 0.2) is 0 Å². The third-order valence-corrected chi connectivity index (χ3v) is 3.69. The zero-order valence-corrected chi connectivity index (χ0v) is 10.4. The van der Waals surface area contributed by atoms with Gasteiger partial charge in [-0.3, -0.25) is 0 Å². The van der Waals surface area contributed by atoms with Crippen molar-refractivity contribution in [2.75, 3.05) is 6.61 Å². The Labute approximate surface area is 90.6 Å². The molecule has 0 radical (unpaired) electrons. The number of rotatable bonds is 4. The second-order valence-corrected chi connectivity index (χ2v) is 4.71. The first-order valence-corrected chi connectivity index (χ1v) is 7.34. The molecule has 2 rings (SSSR count). The topological polar surface area (TPSA) is 35.5 Å². The van der Waals surface area contributed by atoms with Crippen LogP contribution in [0.3, 0.4) is 0 Å². The lowest BCUT2D eigenvalue weighted by Crippen LogP contribution is -2.26. The minimum atomic E-state index is -1.79. The molecule has 0 aromatic carbocycles. The van der Waals surface area contributed by atoms with E-state index in [4.69, 9.17) is 9.16 Å². The maximum Gasteiger partial charge on any atom is 0.345 e. The zero-order chi connectivity index (χ0) is 11.1. The fourth-order valence-electron chi connectivity index (χ4n) is 2.34. The van der Waals surface area contributed by atoms with Gasteiger partial charge < -0.3 is 9.16 Å². The number of halogens is 1. The molecule has 84 valence electrons. The molecule has 1 fully saturated rings. The molecule has 5 heteroatoms. The number of carbonyl (C=O) groups excluding carboxylic acids is 1. The van der Waals surface area contributed by atoms with Crippen LogP contribution in [0.2, 0.25) is 6.55 Å². The van der Waals surface area contributed by atoms with E-state index in [1.165, 1.54) is 0 Å². The molecule has 0 aliphatic heterocycles. The Morgan fingerprint density at radius 1 is 1.80 bits per heavy atom. The van der Waals surface area contributed by atoms with Crippen LogP contribution < -0.4 is 0 Å². The number of esters is 1. The summed E-state index contributed by atoms with van der Waals surface area (Å²) in [5.74, 6) is -0.618. The summed E-state index contributed by atoms with van der Waals surface area (Å²) in [4.78, 5) is 11.4. The Balaban J connectivity index is 2.05. The molecular weight excluding hydrogens is 215 g/mol. The highest BCUT2D eigenvalue weighted by Gasteiger charge is 2.75. The van der Waals surface area contributed by atoms with Gasteiger partial charge in [-0.1, -0.05) is 0 Å². The molecule has 3 atom stereocenters. The van der Waals surface area contributed by atoms with E-state index in [1.807, 2.05) is 12.6 Å². The minimum absolute atomic E-state index is 0.229. The largest absolute Gasteiger partial charge is 0.552 e. The second kappa shape index (κ2) is 3.63. The highest BCUT2D eigenvalue weighted by molar-refractivity contribution is 6.25. The second-order valence-electron chi connectivity index (χ2n) is 3.85. The van der Waals surface area contributed by atoms with Crippen LogP contribution in [0.1, 0.15) is 13.3 Å². The highest BCUT2D eigenvalue weighted by atomic mass is 28.2. The predicted molar refractivity (Wildman–Crippen MR) is 55.6 cm³/mol. The Hall–Kier alpha value is -0.843. The van der Waals surface area contributed by atoms with E-state index < -0.39 is 21.4 Å². The Bertz CT molecular complexity index is 318. The molecular formula is C10H15FO3Si. The van der Waals surface area contributed by atoms with Gasteiger partial charge >= 0.3 is 5.97 Å². The first-order chi connectivity index (χ1) is 7.16. The van der Waals surface area contributed by atoms with E-state index in [-0.39, 0.29) is 18.4 Å². The van der Waals surface area contributed by atoms with Crippen LogP contribution in [0, 0.1) is 11.8 Å². The molecule has 1 saturated carbocycles. The molecule has 0 bridgehead atoms. The van der Waals surface area contributed by atoms with Gasteiger partial charge in [-0.2, -0.15) is 0 Å². The van der Waals surface area contributed by atoms with Crippen molar-refractivity contribution in [1.29, 1.82) is 0 Å². The maximum absolute atomic E-state index is 14.2. The fourth-order valence-corrected chi connectivity index (χ4v) is 2.97. The quantitative estimate of drug-likeness (QED) is 0.532. The first-order valence-electron chi connectivity index (χ1n) is 5.35. The van der Waals surface area contributed by atoms with Gasteiger partial charge in [0.05, 0.1) is 18.3 Å². The van der Waals surface area contributed by atoms with Gasteiger partial charge in [-0.05, 0) is 26.0 Å². The van der Waals surface area contributed by atoms with Crippen LogP contribution in [-0.4, -0.2) is 28.0 Å². The summed E-state index contributed by atoms with van der Waals surface area (Å²) in [5.41, 5.74) is -1.79. The molecule has 0 heterocycles. The molecule has 2 aliphatic rings. The van der Waals surface area contributed by atoms with Gasteiger partial charge in [0.2, 0.25) is 15.4 Å². The van der Waals surface area contributed by atoms with Crippen molar-refractivity contribution >= 4 is 15.7 Å². The summed E-state index contributed by atoms with van der Waals surface area (Å²) in [6, 6.07) is 0. The van der Waals surface area contributed by atoms with Gasteiger partial charge in [0.1, 0.15) is 0 Å². The lowest BCUT2D eigenvalue weighted by molar-refractivity contribution is -0.152. The predicted octanol–water partition coefficient (Wildman–Crippen LogP) is 0.940. The van der Waals surface area contributed by atoms with Crippen LogP contribution in [0.4, 0.5) is 4.39 Å². The minimum Gasteiger partial charge on any atom is -0.552 e. The monoisotopic (exact) mass is 230 g/mol. The molecule has 0 aromatic rings. The normalized spacial score (nSPS) is 37.7. The van der Waals surface area contributed by atoms with E-state index in [2.05, 4.69) is 0 Å². The van der Waals surface area contributed by atoms with E-state index in [0.717, 1.165) is 0 Å². The SMILES string of the molecule is CCOC(=O)[C@@]1(F)[C@@H]2CC=C(O[SiH2]C)[C@@H]21. The lowest BCUT2D eigenvalue weighted by atomic mass is 10.2. The van der Waals surface area contributed by atoms with Crippen molar-refractivity contribution in [2.45, 2.75) is 25.6 Å². The molecule has 0 saturated heterocycles. The number of hydrogen-bond acceptors (Lipinski definition) is 3. The molecule has 0 unspecified atom stereocenters. The van der Waals surface area contributed by atoms with Gasteiger partial charge in [0, 0.05) is 5.92 Å². The van der Waals surface area contributed by atoms with Crippen LogP contribution in [0.25, 0.3) is 0 Å². The third kappa shape index (κ3) is 1.40. The Morgan fingerprint density at radius 3 is 3.13 bits per heavy atom. The number of hydrogen-bond donors (Lipinski definition) is 0. The van der Waals surface area contributed by atoms with Crippen molar-refractivity contribution < 1.29 is 18.3 Å². The summed E-state index contributed by atoms with van der Waals surface area (Å²) in [6.45, 7) is 3.90. The van der Waals surface area contributed by atoms with Crippen LogP contribution >= 0.6 is 0 Å². The number of ether oxygens (including phenoxy) is 1. The van der Waals surface area contributed by atoms with E-state index >= 15 is 0 Å². The van der Waals surface area contributed by atoms with Crippen molar-refractivity contribution in [1.82, 2.24) is 0 Å². The number of fused-ring (bicyclic) bond motifs is 1. The van der Waals surface area contributed by atoms with E-state index in [9.17, 15) is 9.18 Å². The van der Waals surface area contributed by atoms with Gasteiger partial charge in [-0.15, -0.1) is 0 Å². The summed E-state index contributed by atoms with van der Waals surface area (Å²) in [5, 5.41) is 0. The van der Waals surface area contributed by atoms with Crippen molar-refractivity contribution in [3.8, 4) is 0 Å². The molecule has 3 nitrogen and oxygen atoms in total. The smallest absolute Gasteiger partial charge is 0.345 e. The average Bonchev–Trinajstić information content (AvgIpc) is 2.59. The molecule has 2 aliphatic carbocycles. The van der Waals surface area contributed by atoms with Crippen LogP contribution in [-0.2, 0) is 14.0 Å². The summed E-state index contributed by atoms with van der Waals surface area (Å²) in [6.07, 6.45) is 2.51. The molecule has 0 spiro atoms. The first kappa shape index (κ1) is 10.7. The third-order valence-electron chi connectivity index (χ3n) is 3.06. The summed E-state index contributed by atoms with van der Waals surface area (Å²) < 4.78 is 24.4. The highest BCUT2D eigenvalue weighted by Crippen LogP contribution is 2.63. The van der Waals surface area contributed by atoms with Crippen molar-refractivity contribution in [2.24, 2.45) is 11.8 Å². The number of carbonyl (C=O) groups is 1. The average molecular weight is 230 g/mol. The lowest BCUT2D eigenvalue weighted by Gasteiger charge is -2.12. The molecule has 0 N–H and O–H groups in total.